The summed E-state index contributed by atoms with van der Waals surface area (Å²) in [5.74, 6) is -0.566. The average Bonchev–Trinajstić information content (AvgIpc) is 3.13. The van der Waals surface area contributed by atoms with Crippen molar-refractivity contribution >= 4 is 28.1 Å². The van der Waals surface area contributed by atoms with Crippen molar-refractivity contribution in [2.75, 3.05) is 19.0 Å². The third-order valence-electron chi connectivity index (χ3n) is 9.82. The summed E-state index contributed by atoms with van der Waals surface area (Å²) in [6, 6.07) is 21.1. The minimum Gasteiger partial charge on any atom is -0.508 e. The highest BCUT2D eigenvalue weighted by Crippen LogP contribution is 2.42. The molecule has 52 heavy (non-hydrogen) atoms. The van der Waals surface area contributed by atoms with Crippen molar-refractivity contribution in [2.45, 2.75) is 64.4 Å². The van der Waals surface area contributed by atoms with Crippen LogP contribution in [-0.2, 0) is 24.1 Å². The van der Waals surface area contributed by atoms with E-state index in [1.54, 1.807) is 42.6 Å². The van der Waals surface area contributed by atoms with Crippen LogP contribution in [0.2, 0.25) is 0 Å². The Hall–Kier alpha value is -5.48. The van der Waals surface area contributed by atoms with Gasteiger partial charge in [-0.3, -0.25) is 4.79 Å². The number of ketones is 1. The molecule has 10 nitrogen and oxygen atoms in total. The van der Waals surface area contributed by atoms with Gasteiger partial charge in [-0.1, -0.05) is 32.0 Å². The zero-order valence-corrected chi connectivity index (χ0v) is 29.7. The highest BCUT2D eigenvalue weighted by molar-refractivity contribution is 5.92. The Morgan fingerprint density at radius 2 is 1.73 bits per heavy atom. The van der Waals surface area contributed by atoms with Gasteiger partial charge in [0.2, 0.25) is 5.75 Å². The second kappa shape index (κ2) is 15.8. The van der Waals surface area contributed by atoms with Gasteiger partial charge in [-0.05, 0) is 132 Å². The molecule has 5 aromatic rings. The number of phenols is 4. The van der Waals surface area contributed by atoms with Gasteiger partial charge in [0.05, 0.1) is 19.8 Å². The minimum absolute atomic E-state index is 0.0247. The van der Waals surface area contributed by atoms with Crippen molar-refractivity contribution in [2.24, 2.45) is 11.8 Å². The van der Waals surface area contributed by atoms with Gasteiger partial charge in [0.1, 0.15) is 17.4 Å². The largest absolute Gasteiger partial charge is 0.508 e. The number of hydrogen-bond acceptors (Lipinski definition) is 10. The molecule has 6 rings (SSSR count). The van der Waals surface area contributed by atoms with Crippen LogP contribution in [0.1, 0.15) is 61.3 Å². The van der Waals surface area contributed by atoms with E-state index in [0.717, 1.165) is 33.2 Å². The summed E-state index contributed by atoms with van der Waals surface area (Å²) >= 11 is 0. The number of aromatic nitrogens is 1. The molecule has 2 heterocycles. The zero-order chi connectivity index (χ0) is 36.9. The molecule has 0 unspecified atom stereocenters. The number of ether oxygens (including phenoxy) is 2. The molecule has 0 amide bonds. The molecule has 1 aliphatic heterocycles. The van der Waals surface area contributed by atoms with E-state index >= 15 is 0 Å². The third-order valence-corrected chi connectivity index (χ3v) is 9.82. The summed E-state index contributed by atoms with van der Waals surface area (Å²) in [7, 11) is 1.48. The van der Waals surface area contributed by atoms with Gasteiger partial charge < -0.3 is 40.3 Å². The smallest absolute Gasteiger partial charge is 0.200 e. The number of phenolic OH excluding ortho intramolecular Hbond substituents is 4. The maximum Gasteiger partial charge on any atom is 0.200 e. The molecule has 272 valence electrons. The molecule has 0 radical (unpaired) electrons. The van der Waals surface area contributed by atoms with Crippen molar-refractivity contribution in [3.05, 3.63) is 101 Å². The molecule has 2 bridgehead atoms. The number of aromatic hydroxyl groups is 4. The number of aryl methyl sites for hydroxylation is 2. The molecule has 10 heteroatoms. The molecule has 3 atom stereocenters. The van der Waals surface area contributed by atoms with Gasteiger partial charge in [0.15, 0.2) is 23.0 Å². The minimum atomic E-state index is -0.991. The Morgan fingerprint density at radius 3 is 2.52 bits per heavy atom. The number of nitrogens with zero attached hydrogens (tertiary/aromatic N) is 1. The Balaban J connectivity index is 1.40. The lowest BCUT2D eigenvalue weighted by molar-refractivity contribution is -0.127. The van der Waals surface area contributed by atoms with Gasteiger partial charge in [-0.25, -0.2) is 4.98 Å². The lowest BCUT2D eigenvalue weighted by atomic mass is 9.80. The number of pyridine rings is 1. The second-order valence-corrected chi connectivity index (χ2v) is 14.1. The van der Waals surface area contributed by atoms with Crippen molar-refractivity contribution in [1.29, 1.82) is 0 Å². The van der Waals surface area contributed by atoms with Crippen molar-refractivity contribution < 1.29 is 39.8 Å². The molecule has 4 aromatic carbocycles. The first-order valence-corrected chi connectivity index (χ1v) is 17.7. The van der Waals surface area contributed by atoms with E-state index in [0.29, 0.717) is 49.4 Å². The Labute approximate surface area is 303 Å². The normalized spacial score (nSPS) is 17.0. The number of anilines is 2. The van der Waals surface area contributed by atoms with E-state index in [1.807, 2.05) is 44.2 Å². The topological polar surface area (TPSA) is 162 Å². The van der Waals surface area contributed by atoms with Crippen LogP contribution in [0.25, 0.3) is 10.8 Å². The molecule has 0 saturated carbocycles. The monoisotopic (exact) mass is 706 g/mol. The number of aliphatic hydroxyl groups excluding tert-OH is 1. The van der Waals surface area contributed by atoms with Gasteiger partial charge in [0.25, 0.3) is 0 Å². The van der Waals surface area contributed by atoms with Crippen molar-refractivity contribution in [3.63, 3.8) is 0 Å². The molecule has 6 N–H and O–H groups in total. The molecule has 1 aliphatic rings. The molecular weight excluding hydrogens is 660 g/mol. The standard InChI is InChI=1S/C42H46N2O8/c1-24(2)23-52-40-22-29(21-38(49)42(40)50)27-6-9-32-31-10-8-30(45)19-28(31)7-11-34(32)44-41-18-26(14-15-43-41)16-33(37(48)20-27)35(46)12-4-25-5-13-36(47)39(17-25)51-3/h5,7-8,10-11,13-15,17-19,21-22,24,27,33,35,45-47,49-50H,4,6,9,12,16,20,23H2,1-3H3,(H,43,44)/t27-,33+,35-/m1/s1. The maximum absolute atomic E-state index is 14.5. The van der Waals surface area contributed by atoms with Gasteiger partial charge >= 0.3 is 0 Å². The molecule has 0 saturated heterocycles. The predicted octanol–water partition coefficient (Wildman–Crippen LogP) is 7.69. The summed E-state index contributed by atoms with van der Waals surface area (Å²) in [5, 5.41) is 58.8. The number of carbonyl (C=O) groups excluding carboxylic acids is 1. The van der Waals surface area contributed by atoms with Crippen LogP contribution in [-0.4, -0.2) is 56.1 Å². The predicted molar refractivity (Wildman–Crippen MR) is 200 cm³/mol. The van der Waals surface area contributed by atoms with Gasteiger partial charge in [-0.2, -0.15) is 0 Å². The first kappa shape index (κ1) is 36.3. The SMILES string of the molecule is COc1cc(CC[C@@H](O)[C@@H]2Cc3ccnc(c3)Nc3ccc4cc(O)ccc4c3CC[C@@H](c3cc(O)c(O)c(OCC(C)C)c3)CC2=O)ccc1O. The van der Waals surface area contributed by atoms with Crippen LogP contribution in [0.15, 0.2) is 79.0 Å². The lowest BCUT2D eigenvalue weighted by Crippen LogP contribution is -2.32. The molecule has 0 fully saturated rings. The third kappa shape index (κ3) is 8.35. The molecule has 0 spiro atoms. The summed E-state index contributed by atoms with van der Waals surface area (Å²) < 4.78 is 11.2. The highest BCUT2D eigenvalue weighted by Gasteiger charge is 2.31. The second-order valence-electron chi connectivity index (χ2n) is 14.1. The summed E-state index contributed by atoms with van der Waals surface area (Å²) in [4.78, 5) is 19.1. The number of fused-ring (bicyclic) bond motifs is 5. The molecular formula is C42H46N2O8. The van der Waals surface area contributed by atoms with Crippen LogP contribution in [0.3, 0.4) is 0 Å². The lowest BCUT2D eigenvalue weighted by Gasteiger charge is -2.26. The number of Topliss-reactive ketones (excluding diaryl/α,β-unsaturated/α-hetero) is 1. The van der Waals surface area contributed by atoms with Crippen LogP contribution in [0.4, 0.5) is 11.5 Å². The number of rotatable bonds is 9. The van der Waals surface area contributed by atoms with E-state index < -0.39 is 17.9 Å². The number of aliphatic hydroxyl groups is 1. The quantitative estimate of drug-likeness (QED) is 0.0839. The van der Waals surface area contributed by atoms with E-state index in [2.05, 4.69) is 10.3 Å². The van der Waals surface area contributed by atoms with E-state index in [9.17, 15) is 30.3 Å². The van der Waals surface area contributed by atoms with E-state index in [-0.39, 0.29) is 53.3 Å². The van der Waals surface area contributed by atoms with Crippen LogP contribution in [0, 0.1) is 11.8 Å². The first-order chi connectivity index (χ1) is 25.0. The van der Waals surface area contributed by atoms with E-state index in [4.69, 9.17) is 9.47 Å². The zero-order valence-electron chi connectivity index (χ0n) is 29.7. The Kier molecular flexibility index (Phi) is 11.0. The van der Waals surface area contributed by atoms with E-state index in [1.165, 1.54) is 13.2 Å². The fourth-order valence-corrected chi connectivity index (χ4v) is 7.00. The number of benzene rings is 4. The summed E-state index contributed by atoms with van der Waals surface area (Å²) in [6.07, 6.45) is 2.78. The first-order valence-electron chi connectivity index (χ1n) is 17.7. The van der Waals surface area contributed by atoms with Crippen LogP contribution < -0.4 is 14.8 Å². The maximum atomic E-state index is 14.5. The number of carbonyl (C=O) groups is 1. The Morgan fingerprint density at radius 1 is 0.904 bits per heavy atom. The number of methoxy groups -OCH3 is 1. The van der Waals surface area contributed by atoms with Crippen LogP contribution in [0.5, 0.6) is 34.5 Å². The molecule has 0 aliphatic carbocycles. The Bertz CT molecular complexity index is 2060. The van der Waals surface area contributed by atoms with Crippen LogP contribution >= 0.6 is 0 Å². The van der Waals surface area contributed by atoms with Crippen molar-refractivity contribution in [3.8, 4) is 34.5 Å². The molecule has 1 aromatic heterocycles. The summed E-state index contributed by atoms with van der Waals surface area (Å²) in [6.45, 7) is 4.30. The van der Waals surface area contributed by atoms with Gasteiger partial charge in [0, 0.05) is 24.2 Å². The number of hydrogen-bond donors (Lipinski definition) is 6. The fraction of sp³-hybridized carbons (Fsp3) is 0.333. The van der Waals surface area contributed by atoms with Gasteiger partial charge in [-0.15, -0.1) is 0 Å². The summed E-state index contributed by atoms with van der Waals surface area (Å²) in [5.41, 5.74) is 4.13. The fourth-order valence-electron chi connectivity index (χ4n) is 7.00. The van der Waals surface area contributed by atoms with Crippen molar-refractivity contribution in [1.82, 2.24) is 4.98 Å². The average molecular weight is 707 g/mol. The highest BCUT2D eigenvalue weighted by atomic mass is 16.5. The number of nitrogens with one attached hydrogen (secondary N) is 1.